The van der Waals surface area contributed by atoms with Gasteiger partial charge < -0.3 is 15.5 Å². The molecular formula is C24H27ClN6O4S2. The van der Waals surface area contributed by atoms with Crippen molar-refractivity contribution >= 4 is 66.4 Å². The highest BCUT2D eigenvalue weighted by atomic mass is 35.5. The molecule has 2 saturated heterocycles. The van der Waals surface area contributed by atoms with Crippen molar-refractivity contribution < 1.29 is 18.0 Å². The summed E-state index contributed by atoms with van der Waals surface area (Å²) in [7, 11) is -3.94. The Morgan fingerprint density at radius 2 is 2.03 bits per heavy atom. The van der Waals surface area contributed by atoms with Crippen molar-refractivity contribution in [2.24, 2.45) is 0 Å². The highest BCUT2D eigenvalue weighted by Crippen LogP contribution is 2.31. The van der Waals surface area contributed by atoms with Crippen LogP contribution in [-0.2, 0) is 26.0 Å². The molecule has 0 unspecified atom stereocenters. The van der Waals surface area contributed by atoms with E-state index in [-0.39, 0.29) is 29.4 Å². The SMILES string of the molecule is CC(=O)[C@@H](Cc1cc2ccnc(N)c2cc1Cl)N1CC[C@H](NS(=O)(=O)c2cnc(N3CCCC3)s2)C1=O. The van der Waals surface area contributed by atoms with Crippen LogP contribution in [0.15, 0.2) is 34.8 Å². The van der Waals surface area contributed by atoms with Gasteiger partial charge in [0.2, 0.25) is 5.91 Å². The predicted molar refractivity (Wildman–Crippen MR) is 143 cm³/mol. The smallest absolute Gasteiger partial charge is 0.252 e. The van der Waals surface area contributed by atoms with Crippen molar-refractivity contribution in [2.75, 3.05) is 30.3 Å². The molecule has 1 aromatic carbocycles. The normalized spacial score (nSPS) is 19.2. The van der Waals surface area contributed by atoms with Gasteiger partial charge in [0, 0.05) is 42.7 Å². The molecular weight excluding hydrogens is 536 g/mol. The molecule has 2 aromatic heterocycles. The van der Waals surface area contributed by atoms with Crippen LogP contribution in [0.25, 0.3) is 10.8 Å². The number of benzene rings is 1. The van der Waals surface area contributed by atoms with Gasteiger partial charge in [-0.05, 0) is 55.3 Å². The highest BCUT2D eigenvalue weighted by Gasteiger charge is 2.40. The second-order valence-electron chi connectivity index (χ2n) is 9.34. The number of sulfonamides is 1. The maximum absolute atomic E-state index is 13.3. The van der Waals surface area contributed by atoms with Crippen molar-refractivity contribution in [1.29, 1.82) is 0 Å². The van der Waals surface area contributed by atoms with Crippen LogP contribution in [0.1, 0.15) is 31.7 Å². The molecule has 2 aliphatic rings. The second-order valence-corrected chi connectivity index (χ2v) is 12.7. The van der Waals surface area contributed by atoms with Gasteiger partial charge in [0.05, 0.1) is 12.2 Å². The Hall–Kier alpha value is -2.80. The number of halogens is 1. The van der Waals surface area contributed by atoms with Crippen molar-refractivity contribution in [1.82, 2.24) is 19.6 Å². The van der Waals surface area contributed by atoms with Gasteiger partial charge in [-0.15, -0.1) is 0 Å². The summed E-state index contributed by atoms with van der Waals surface area (Å²) in [5.74, 6) is -0.286. The minimum absolute atomic E-state index is 0.0699. The molecule has 3 aromatic rings. The van der Waals surface area contributed by atoms with E-state index in [9.17, 15) is 18.0 Å². The zero-order valence-corrected chi connectivity index (χ0v) is 22.6. The summed E-state index contributed by atoms with van der Waals surface area (Å²) in [5.41, 5.74) is 6.64. The first-order valence-corrected chi connectivity index (χ1v) is 14.7. The Morgan fingerprint density at radius 3 is 2.76 bits per heavy atom. The number of nitrogens with two attached hydrogens (primary N) is 1. The topological polar surface area (TPSA) is 139 Å². The van der Waals surface area contributed by atoms with Gasteiger partial charge in [-0.1, -0.05) is 22.9 Å². The Morgan fingerprint density at radius 1 is 1.27 bits per heavy atom. The Balaban J connectivity index is 1.32. The number of nitrogens with one attached hydrogen (secondary N) is 1. The Labute approximate surface area is 223 Å². The summed E-state index contributed by atoms with van der Waals surface area (Å²) >= 11 is 7.60. The van der Waals surface area contributed by atoms with E-state index in [4.69, 9.17) is 17.3 Å². The van der Waals surface area contributed by atoms with Crippen LogP contribution in [0.5, 0.6) is 0 Å². The summed E-state index contributed by atoms with van der Waals surface area (Å²) in [5, 5.41) is 2.61. The van der Waals surface area contributed by atoms with Crippen molar-refractivity contribution in [3.05, 3.63) is 41.2 Å². The Bertz CT molecular complexity index is 1470. The summed E-state index contributed by atoms with van der Waals surface area (Å²) < 4.78 is 28.7. The number of carbonyl (C=O) groups is 2. The standard InChI is InChI=1S/C24H27ClN6O4S2/c1-14(32)20(11-16-10-15-4-6-27-22(26)17(15)12-18(16)25)31-9-5-19(23(31)33)29-37(34,35)21-13-28-24(36-21)30-7-2-3-8-30/h4,6,10,12-13,19-20,29H,2-3,5,7-9,11H2,1H3,(H2,26,27)/t19-,20+/m0/s1. The van der Waals surface area contributed by atoms with Gasteiger partial charge in [-0.2, -0.15) is 4.72 Å². The summed E-state index contributed by atoms with van der Waals surface area (Å²) in [6.45, 7) is 3.38. The molecule has 1 amide bonds. The summed E-state index contributed by atoms with van der Waals surface area (Å²) in [6, 6.07) is 3.62. The van der Waals surface area contributed by atoms with Crippen LogP contribution in [0.3, 0.4) is 0 Å². The van der Waals surface area contributed by atoms with Crippen LogP contribution >= 0.6 is 22.9 Å². The van der Waals surface area contributed by atoms with Crippen LogP contribution in [0.4, 0.5) is 10.9 Å². The zero-order valence-electron chi connectivity index (χ0n) is 20.2. The van der Waals surface area contributed by atoms with Gasteiger partial charge in [0.25, 0.3) is 10.0 Å². The number of thiazole rings is 1. The molecule has 5 rings (SSSR count). The summed E-state index contributed by atoms with van der Waals surface area (Å²) in [6.07, 6.45) is 5.49. The van der Waals surface area contributed by atoms with Crippen molar-refractivity contribution in [2.45, 2.75) is 48.9 Å². The summed E-state index contributed by atoms with van der Waals surface area (Å²) in [4.78, 5) is 37.8. The number of nitrogen functional groups attached to an aromatic ring is 1. The fourth-order valence-corrected chi connectivity index (χ4v) is 7.55. The molecule has 37 heavy (non-hydrogen) atoms. The maximum Gasteiger partial charge on any atom is 0.252 e. The van der Waals surface area contributed by atoms with Gasteiger partial charge in [-0.3, -0.25) is 9.59 Å². The van der Waals surface area contributed by atoms with Gasteiger partial charge in [-0.25, -0.2) is 18.4 Å². The number of ketones is 1. The number of hydrogen-bond acceptors (Lipinski definition) is 9. The Kier molecular flexibility index (Phi) is 7.10. The lowest BCUT2D eigenvalue weighted by atomic mass is 9.99. The maximum atomic E-state index is 13.3. The van der Waals surface area contributed by atoms with E-state index in [1.54, 1.807) is 18.3 Å². The number of anilines is 2. The van der Waals surface area contributed by atoms with Crippen LogP contribution in [0, 0.1) is 0 Å². The number of amides is 1. The largest absolute Gasteiger partial charge is 0.383 e. The molecule has 196 valence electrons. The molecule has 2 aliphatic heterocycles. The third-order valence-corrected chi connectivity index (χ3v) is 10.2. The van der Waals surface area contributed by atoms with E-state index in [0.717, 1.165) is 42.7 Å². The average Bonchev–Trinajstić information content (AvgIpc) is 3.61. The molecule has 2 fully saturated rings. The number of aromatic nitrogens is 2. The van der Waals surface area contributed by atoms with Crippen LogP contribution in [-0.4, -0.2) is 66.7 Å². The van der Waals surface area contributed by atoms with Crippen molar-refractivity contribution in [3.63, 3.8) is 0 Å². The van der Waals surface area contributed by atoms with E-state index in [1.807, 2.05) is 6.07 Å². The van der Waals surface area contributed by atoms with Crippen molar-refractivity contribution in [3.8, 4) is 0 Å². The highest BCUT2D eigenvalue weighted by molar-refractivity contribution is 7.91. The van der Waals surface area contributed by atoms with Gasteiger partial charge in [0.1, 0.15) is 11.9 Å². The number of pyridine rings is 1. The van der Waals surface area contributed by atoms with Gasteiger partial charge in [0.15, 0.2) is 15.1 Å². The average molecular weight is 563 g/mol. The first-order valence-electron chi connectivity index (χ1n) is 12.0. The first-order chi connectivity index (χ1) is 17.6. The minimum Gasteiger partial charge on any atom is -0.383 e. The lowest BCUT2D eigenvalue weighted by Crippen LogP contribution is -2.47. The van der Waals surface area contributed by atoms with E-state index in [1.165, 1.54) is 18.0 Å². The quantitative estimate of drug-likeness (QED) is 0.427. The number of carbonyl (C=O) groups excluding carboxylic acids is 2. The molecule has 0 radical (unpaired) electrons. The number of Topliss-reactive ketones (excluding diaryl/α,β-unsaturated/α-hetero) is 1. The fourth-order valence-electron chi connectivity index (χ4n) is 4.90. The molecule has 0 bridgehead atoms. The number of hydrogen-bond donors (Lipinski definition) is 2. The minimum atomic E-state index is -3.94. The van der Waals surface area contributed by atoms with Crippen LogP contribution in [0.2, 0.25) is 5.02 Å². The molecule has 13 heteroatoms. The zero-order chi connectivity index (χ0) is 26.3. The number of rotatable bonds is 8. The lowest BCUT2D eigenvalue weighted by molar-refractivity contribution is -0.136. The molecule has 4 heterocycles. The van der Waals surface area contributed by atoms with Gasteiger partial charge >= 0.3 is 0 Å². The second kappa shape index (κ2) is 10.2. The number of likely N-dealkylation sites (tertiary alicyclic amines) is 1. The number of fused-ring (bicyclic) bond motifs is 1. The monoisotopic (exact) mass is 562 g/mol. The molecule has 10 nitrogen and oxygen atoms in total. The van der Waals surface area contributed by atoms with E-state index in [0.29, 0.717) is 26.9 Å². The molecule has 3 N–H and O–H groups in total. The molecule has 2 atom stereocenters. The lowest BCUT2D eigenvalue weighted by Gasteiger charge is -2.27. The molecule has 0 saturated carbocycles. The van der Waals surface area contributed by atoms with E-state index in [2.05, 4.69) is 19.6 Å². The number of nitrogens with zero attached hydrogens (tertiary/aromatic N) is 4. The van der Waals surface area contributed by atoms with Crippen LogP contribution < -0.4 is 15.4 Å². The van der Waals surface area contributed by atoms with E-state index < -0.39 is 28.0 Å². The molecule has 0 aliphatic carbocycles. The first kappa shape index (κ1) is 25.8. The third-order valence-electron chi connectivity index (χ3n) is 6.87. The van der Waals surface area contributed by atoms with E-state index >= 15 is 0 Å². The fraction of sp³-hybridized carbons (Fsp3) is 0.417. The third kappa shape index (κ3) is 5.15. The predicted octanol–water partition coefficient (Wildman–Crippen LogP) is 2.61. The molecule has 0 spiro atoms.